The number of rotatable bonds is 4. The molecule has 0 atom stereocenters. The van der Waals surface area contributed by atoms with Gasteiger partial charge in [-0.2, -0.15) is 10.1 Å². The predicted octanol–water partition coefficient (Wildman–Crippen LogP) is 2.97. The molecule has 1 aromatic carbocycles. The zero-order valence-electron chi connectivity index (χ0n) is 17.8. The van der Waals surface area contributed by atoms with E-state index < -0.39 is 0 Å². The van der Waals surface area contributed by atoms with Crippen LogP contribution < -0.4 is 10.9 Å². The van der Waals surface area contributed by atoms with Gasteiger partial charge in [0.05, 0.1) is 29.0 Å². The van der Waals surface area contributed by atoms with Crippen molar-refractivity contribution in [3.63, 3.8) is 0 Å². The Morgan fingerprint density at radius 1 is 1.16 bits per heavy atom. The quantitative estimate of drug-likeness (QED) is 0.507. The van der Waals surface area contributed by atoms with Gasteiger partial charge in [0, 0.05) is 24.0 Å². The standard InChI is InChI=1S/C24H23N7O/c1-3-17-13-22(32)31(20-7-5-4-6-8-20)23-21(17)15-25-24(28-23)27-18-14-26-30(16-18)19-9-11-29(2)12-10-19/h1,4-8,13-16,19H,9-12H2,2H3,(H,25,27,28). The first-order valence-electron chi connectivity index (χ1n) is 10.6. The van der Waals surface area contributed by atoms with E-state index in [0.717, 1.165) is 31.6 Å². The molecule has 0 spiro atoms. The maximum absolute atomic E-state index is 12.9. The lowest BCUT2D eigenvalue weighted by Gasteiger charge is -2.28. The monoisotopic (exact) mass is 425 g/mol. The summed E-state index contributed by atoms with van der Waals surface area (Å²) in [4.78, 5) is 24.3. The highest BCUT2D eigenvalue weighted by Crippen LogP contribution is 2.24. The molecule has 4 aromatic rings. The maximum Gasteiger partial charge on any atom is 0.258 e. The van der Waals surface area contributed by atoms with Gasteiger partial charge in [0.1, 0.15) is 0 Å². The summed E-state index contributed by atoms with van der Waals surface area (Å²) in [5, 5.41) is 8.39. The summed E-state index contributed by atoms with van der Waals surface area (Å²) in [6.07, 6.45) is 13.2. The lowest BCUT2D eigenvalue weighted by atomic mass is 10.1. The number of fused-ring (bicyclic) bond motifs is 1. The molecule has 0 aliphatic carbocycles. The SMILES string of the molecule is C#Cc1cc(=O)n(-c2ccccc2)c2nc(Nc3cnn(C4CCN(C)CC4)c3)ncc12. The van der Waals surface area contributed by atoms with Crippen LogP contribution in [0.2, 0.25) is 0 Å². The van der Waals surface area contributed by atoms with Gasteiger partial charge in [0.25, 0.3) is 5.56 Å². The summed E-state index contributed by atoms with van der Waals surface area (Å²) in [6.45, 7) is 2.13. The summed E-state index contributed by atoms with van der Waals surface area (Å²) in [6, 6.07) is 11.2. The molecule has 4 heterocycles. The van der Waals surface area contributed by atoms with E-state index in [-0.39, 0.29) is 5.56 Å². The number of benzene rings is 1. The number of hydrogen-bond acceptors (Lipinski definition) is 6. The molecule has 1 aliphatic rings. The van der Waals surface area contributed by atoms with Gasteiger partial charge in [-0.25, -0.2) is 4.98 Å². The van der Waals surface area contributed by atoms with Crippen LogP contribution in [0, 0.1) is 12.3 Å². The number of aromatic nitrogens is 5. The maximum atomic E-state index is 12.9. The summed E-state index contributed by atoms with van der Waals surface area (Å²) >= 11 is 0. The van der Waals surface area contributed by atoms with Crippen molar-refractivity contribution in [3.05, 3.63) is 70.9 Å². The van der Waals surface area contributed by atoms with Crippen molar-refractivity contribution >= 4 is 22.7 Å². The smallest absolute Gasteiger partial charge is 0.258 e. The normalized spacial score (nSPS) is 15.0. The van der Waals surface area contributed by atoms with E-state index in [0.29, 0.717) is 34.3 Å². The van der Waals surface area contributed by atoms with Crippen molar-refractivity contribution in [1.29, 1.82) is 0 Å². The largest absolute Gasteiger partial charge is 0.321 e. The number of nitrogens with zero attached hydrogens (tertiary/aromatic N) is 6. The number of anilines is 2. The van der Waals surface area contributed by atoms with Crippen molar-refractivity contribution in [3.8, 4) is 18.0 Å². The zero-order chi connectivity index (χ0) is 22.1. The average molecular weight is 425 g/mol. The molecule has 8 heteroatoms. The van der Waals surface area contributed by atoms with Gasteiger partial charge in [0.2, 0.25) is 5.95 Å². The van der Waals surface area contributed by atoms with Gasteiger partial charge in [-0.15, -0.1) is 6.42 Å². The van der Waals surface area contributed by atoms with Crippen LogP contribution in [0.25, 0.3) is 16.7 Å². The predicted molar refractivity (Wildman–Crippen MR) is 124 cm³/mol. The van der Waals surface area contributed by atoms with E-state index >= 15 is 0 Å². The Morgan fingerprint density at radius 3 is 2.69 bits per heavy atom. The molecule has 0 unspecified atom stereocenters. The summed E-state index contributed by atoms with van der Waals surface area (Å²) in [5.41, 5.74) is 2.20. The van der Waals surface area contributed by atoms with Gasteiger partial charge < -0.3 is 10.2 Å². The third-order valence-electron chi connectivity index (χ3n) is 5.85. The lowest BCUT2D eigenvalue weighted by Crippen LogP contribution is -2.31. The number of para-hydroxylation sites is 1. The Kier molecular flexibility index (Phi) is 5.17. The number of nitrogens with one attached hydrogen (secondary N) is 1. The second-order valence-electron chi connectivity index (χ2n) is 8.01. The zero-order valence-corrected chi connectivity index (χ0v) is 17.8. The summed E-state index contributed by atoms with van der Waals surface area (Å²) in [7, 11) is 2.14. The topological polar surface area (TPSA) is 80.9 Å². The second-order valence-corrected chi connectivity index (χ2v) is 8.01. The molecule has 5 rings (SSSR count). The molecule has 0 saturated carbocycles. The van der Waals surface area contributed by atoms with Crippen LogP contribution in [-0.2, 0) is 0 Å². The van der Waals surface area contributed by atoms with Crippen LogP contribution in [0.5, 0.6) is 0 Å². The molecule has 0 radical (unpaired) electrons. The number of pyridine rings is 1. The first-order chi connectivity index (χ1) is 15.6. The molecule has 160 valence electrons. The summed E-state index contributed by atoms with van der Waals surface area (Å²) in [5.74, 6) is 2.94. The fourth-order valence-corrected chi connectivity index (χ4v) is 4.10. The molecule has 0 amide bonds. The van der Waals surface area contributed by atoms with Gasteiger partial charge >= 0.3 is 0 Å². The van der Waals surface area contributed by atoms with Crippen LogP contribution in [-0.4, -0.2) is 49.4 Å². The fourth-order valence-electron chi connectivity index (χ4n) is 4.10. The van der Waals surface area contributed by atoms with Crippen molar-refractivity contribution in [2.75, 3.05) is 25.5 Å². The highest BCUT2D eigenvalue weighted by atomic mass is 16.1. The Hall–Kier alpha value is -3.96. The molecule has 1 saturated heterocycles. The molecule has 1 N–H and O–H groups in total. The molecule has 0 bridgehead atoms. The van der Waals surface area contributed by atoms with Crippen molar-refractivity contribution in [1.82, 2.24) is 29.2 Å². The van der Waals surface area contributed by atoms with Gasteiger partial charge in [-0.3, -0.25) is 14.0 Å². The van der Waals surface area contributed by atoms with E-state index in [1.807, 2.05) is 41.2 Å². The Labute approximate surface area is 185 Å². The Balaban J connectivity index is 1.51. The number of piperidine rings is 1. The van der Waals surface area contributed by atoms with Gasteiger partial charge in [-0.1, -0.05) is 24.1 Å². The van der Waals surface area contributed by atoms with Crippen molar-refractivity contribution in [2.45, 2.75) is 18.9 Å². The highest BCUT2D eigenvalue weighted by Gasteiger charge is 2.19. The minimum absolute atomic E-state index is 0.239. The number of terminal acetylenes is 1. The summed E-state index contributed by atoms with van der Waals surface area (Å²) < 4.78 is 3.55. The van der Waals surface area contributed by atoms with Crippen molar-refractivity contribution < 1.29 is 0 Å². The molecular weight excluding hydrogens is 402 g/mol. The van der Waals surface area contributed by atoms with Crippen LogP contribution in [0.1, 0.15) is 24.4 Å². The van der Waals surface area contributed by atoms with Crippen molar-refractivity contribution in [2.24, 2.45) is 0 Å². The molecule has 1 fully saturated rings. The van der Waals surface area contributed by atoms with Crippen LogP contribution >= 0.6 is 0 Å². The van der Waals surface area contributed by atoms with Crippen LogP contribution in [0.3, 0.4) is 0 Å². The molecule has 3 aromatic heterocycles. The average Bonchev–Trinajstić information content (AvgIpc) is 3.28. The third kappa shape index (κ3) is 3.74. The molecule has 1 aliphatic heterocycles. The number of hydrogen-bond donors (Lipinski definition) is 1. The van der Waals surface area contributed by atoms with Crippen LogP contribution in [0.4, 0.5) is 11.6 Å². The minimum atomic E-state index is -0.239. The second kappa shape index (κ2) is 8.29. The highest BCUT2D eigenvalue weighted by molar-refractivity contribution is 5.83. The number of likely N-dealkylation sites (tertiary alicyclic amines) is 1. The van der Waals surface area contributed by atoms with E-state index in [1.54, 1.807) is 17.0 Å². The van der Waals surface area contributed by atoms with E-state index in [9.17, 15) is 4.79 Å². The third-order valence-corrected chi connectivity index (χ3v) is 5.85. The first-order valence-corrected chi connectivity index (χ1v) is 10.6. The fraction of sp³-hybridized carbons (Fsp3) is 0.250. The van der Waals surface area contributed by atoms with E-state index in [4.69, 9.17) is 6.42 Å². The van der Waals surface area contributed by atoms with Gasteiger partial charge in [-0.05, 0) is 45.1 Å². The minimum Gasteiger partial charge on any atom is -0.321 e. The first kappa shape index (κ1) is 20.0. The Bertz CT molecular complexity index is 1360. The molecule has 8 nitrogen and oxygen atoms in total. The Morgan fingerprint density at radius 2 is 1.94 bits per heavy atom. The molecular formula is C24H23N7O. The van der Waals surface area contributed by atoms with Gasteiger partial charge in [0.15, 0.2) is 5.65 Å². The van der Waals surface area contributed by atoms with Crippen LogP contribution in [0.15, 0.2) is 59.8 Å². The van der Waals surface area contributed by atoms with E-state index in [2.05, 4.69) is 38.3 Å². The lowest BCUT2D eigenvalue weighted by molar-refractivity contribution is 0.212. The molecule has 32 heavy (non-hydrogen) atoms. The van der Waals surface area contributed by atoms with E-state index in [1.165, 1.54) is 6.07 Å².